The van der Waals surface area contributed by atoms with Crippen LogP contribution in [0.1, 0.15) is 36.9 Å². The lowest BCUT2D eigenvalue weighted by molar-refractivity contribution is 0.237. The van der Waals surface area contributed by atoms with Gasteiger partial charge in [-0.1, -0.05) is 30.3 Å². The average molecular weight is 324 g/mol. The van der Waals surface area contributed by atoms with Gasteiger partial charge in [0.1, 0.15) is 5.82 Å². The third-order valence-electron chi connectivity index (χ3n) is 4.34. The smallest absolute Gasteiger partial charge is 0.315 e. The van der Waals surface area contributed by atoms with Crippen LogP contribution in [0.2, 0.25) is 0 Å². The molecule has 0 radical (unpaired) electrons. The Morgan fingerprint density at radius 2 is 1.96 bits per heavy atom. The van der Waals surface area contributed by atoms with Gasteiger partial charge in [-0.25, -0.2) is 9.78 Å². The van der Waals surface area contributed by atoms with Crippen LogP contribution in [0.4, 0.5) is 10.6 Å². The monoisotopic (exact) mass is 324 g/mol. The molecule has 0 aliphatic carbocycles. The summed E-state index contributed by atoms with van der Waals surface area (Å²) in [6.45, 7) is 4.61. The maximum atomic E-state index is 12.1. The quantitative estimate of drug-likeness (QED) is 0.888. The molecule has 0 spiro atoms. The standard InChI is InChI=1S/C19H24N4O/c1-15(17-7-3-2-4-8-17)22-19(24)21-14-16-9-10-20-18(13-16)23-11-5-6-12-23/h2-4,7-10,13,15H,5-6,11-12,14H2,1H3,(H2,21,22,24)/t15-/m0/s1. The molecule has 1 aromatic heterocycles. The number of nitrogens with zero attached hydrogens (tertiary/aromatic N) is 2. The van der Waals surface area contributed by atoms with Crippen molar-refractivity contribution in [3.8, 4) is 0 Å². The van der Waals surface area contributed by atoms with Crippen molar-refractivity contribution in [3.63, 3.8) is 0 Å². The van der Waals surface area contributed by atoms with Crippen molar-refractivity contribution in [2.75, 3.05) is 18.0 Å². The van der Waals surface area contributed by atoms with E-state index in [9.17, 15) is 4.79 Å². The van der Waals surface area contributed by atoms with Crippen LogP contribution >= 0.6 is 0 Å². The second-order valence-corrected chi connectivity index (χ2v) is 6.18. The van der Waals surface area contributed by atoms with Gasteiger partial charge in [0, 0.05) is 25.8 Å². The van der Waals surface area contributed by atoms with Crippen LogP contribution < -0.4 is 15.5 Å². The minimum atomic E-state index is -0.161. The van der Waals surface area contributed by atoms with E-state index in [1.807, 2.05) is 49.5 Å². The number of anilines is 1. The summed E-state index contributed by atoms with van der Waals surface area (Å²) in [6, 6.07) is 13.8. The molecule has 5 nitrogen and oxygen atoms in total. The van der Waals surface area contributed by atoms with Crippen molar-refractivity contribution in [1.82, 2.24) is 15.6 Å². The van der Waals surface area contributed by atoms with E-state index in [1.165, 1.54) is 12.8 Å². The topological polar surface area (TPSA) is 57.3 Å². The number of carbonyl (C=O) groups is 1. The minimum absolute atomic E-state index is 0.0243. The molecule has 2 N–H and O–H groups in total. The highest BCUT2D eigenvalue weighted by Gasteiger charge is 2.14. The van der Waals surface area contributed by atoms with Gasteiger partial charge in [0.25, 0.3) is 0 Å². The maximum absolute atomic E-state index is 12.1. The van der Waals surface area contributed by atoms with Crippen molar-refractivity contribution in [1.29, 1.82) is 0 Å². The second-order valence-electron chi connectivity index (χ2n) is 6.18. The van der Waals surface area contributed by atoms with E-state index in [-0.39, 0.29) is 12.1 Å². The van der Waals surface area contributed by atoms with Gasteiger partial charge < -0.3 is 15.5 Å². The Kier molecular flexibility index (Phi) is 5.31. The van der Waals surface area contributed by atoms with E-state index in [2.05, 4.69) is 26.6 Å². The number of aromatic nitrogens is 1. The number of hydrogen-bond acceptors (Lipinski definition) is 3. The van der Waals surface area contributed by atoms with Crippen LogP contribution in [0.3, 0.4) is 0 Å². The molecular formula is C19H24N4O. The van der Waals surface area contributed by atoms with Crippen LogP contribution in [-0.4, -0.2) is 24.1 Å². The molecule has 1 aliphatic heterocycles. The summed E-state index contributed by atoms with van der Waals surface area (Å²) in [7, 11) is 0. The number of urea groups is 1. The van der Waals surface area contributed by atoms with Crippen LogP contribution in [0.5, 0.6) is 0 Å². The first-order valence-electron chi connectivity index (χ1n) is 8.51. The van der Waals surface area contributed by atoms with Crippen molar-refractivity contribution in [2.45, 2.75) is 32.4 Å². The van der Waals surface area contributed by atoms with Gasteiger partial charge in [0.05, 0.1) is 6.04 Å². The van der Waals surface area contributed by atoms with Gasteiger partial charge in [-0.3, -0.25) is 0 Å². The lowest BCUT2D eigenvalue weighted by Gasteiger charge is -2.17. The highest BCUT2D eigenvalue weighted by atomic mass is 16.2. The fourth-order valence-electron chi connectivity index (χ4n) is 2.94. The molecule has 2 amide bonds. The fourth-order valence-corrected chi connectivity index (χ4v) is 2.94. The van der Waals surface area contributed by atoms with Gasteiger partial charge in [-0.15, -0.1) is 0 Å². The zero-order valence-corrected chi connectivity index (χ0v) is 14.0. The molecule has 3 rings (SSSR count). The molecule has 1 fully saturated rings. The number of carbonyl (C=O) groups excluding carboxylic acids is 1. The summed E-state index contributed by atoms with van der Waals surface area (Å²) in [5.74, 6) is 1.00. The molecule has 0 unspecified atom stereocenters. The van der Waals surface area contributed by atoms with Gasteiger partial charge >= 0.3 is 6.03 Å². The molecule has 24 heavy (non-hydrogen) atoms. The van der Waals surface area contributed by atoms with E-state index in [0.29, 0.717) is 6.54 Å². The molecule has 5 heteroatoms. The fraction of sp³-hybridized carbons (Fsp3) is 0.368. The number of hydrogen-bond donors (Lipinski definition) is 2. The first-order valence-corrected chi connectivity index (χ1v) is 8.51. The largest absolute Gasteiger partial charge is 0.357 e. The Hall–Kier alpha value is -2.56. The zero-order chi connectivity index (χ0) is 16.8. The van der Waals surface area contributed by atoms with E-state index < -0.39 is 0 Å². The summed E-state index contributed by atoms with van der Waals surface area (Å²) in [6.07, 6.45) is 4.27. The Labute approximate surface area is 143 Å². The zero-order valence-electron chi connectivity index (χ0n) is 14.0. The molecule has 1 atom stereocenters. The molecule has 2 heterocycles. The molecule has 126 valence electrons. The van der Waals surface area contributed by atoms with Crippen LogP contribution in [0.15, 0.2) is 48.7 Å². The third kappa shape index (κ3) is 4.25. The summed E-state index contributed by atoms with van der Waals surface area (Å²) in [4.78, 5) is 18.8. The molecule has 2 aromatic rings. The average Bonchev–Trinajstić information content (AvgIpc) is 3.16. The predicted molar refractivity (Wildman–Crippen MR) is 95.9 cm³/mol. The third-order valence-corrected chi connectivity index (χ3v) is 4.34. The SMILES string of the molecule is C[C@H](NC(=O)NCc1ccnc(N2CCCC2)c1)c1ccccc1. The van der Waals surface area contributed by atoms with Crippen molar-refractivity contribution < 1.29 is 4.79 Å². The van der Waals surface area contributed by atoms with Crippen molar-refractivity contribution in [2.24, 2.45) is 0 Å². The number of amides is 2. The van der Waals surface area contributed by atoms with Gasteiger partial charge in [0.2, 0.25) is 0 Å². The molecular weight excluding hydrogens is 300 g/mol. The lowest BCUT2D eigenvalue weighted by Crippen LogP contribution is -2.36. The minimum Gasteiger partial charge on any atom is -0.357 e. The molecule has 0 bridgehead atoms. The number of nitrogens with one attached hydrogen (secondary N) is 2. The molecule has 1 saturated heterocycles. The summed E-state index contributed by atoms with van der Waals surface area (Å²) >= 11 is 0. The summed E-state index contributed by atoms with van der Waals surface area (Å²) < 4.78 is 0. The Morgan fingerprint density at radius 1 is 1.21 bits per heavy atom. The number of rotatable bonds is 5. The first kappa shape index (κ1) is 16.3. The lowest BCUT2D eigenvalue weighted by atomic mass is 10.1. The number of pyridine rings is 1. The molecule has 1 aliphatic rings. The van der Waals surface area contributed by atoms with Crippen molar-refractivity contribution in [3.05, 3.63) is 59.8 Å². The van der Waals surface area contributed by atoms with Crippen LogP contribution in [-0.2, 0) is 6.54 Å². The Morgan fingerprint density at radius 3 is 2.71 bits per heavy atom. The highest BCUT2D eigenvalue weighted by Crippen LogP contribution is 2.18. The van der Waals surface area contributed by atoms with E-state index in [4.69, 9.17) is 0 Å². The van der Waals surface area contributed by atoms with E-state index in [1.54, 1.807) is 0 Å². The van der Waals surface area contributed by atoms with Gasteiger partial charge in [-0.2, -0.15) is 0 Å². The normalized spacial score (nSPS) is 15.1. The molecule has 1 aromatic carbocycles. The molecule has 0 saturated carbocycles. The van der Waals surface area contributed by atoms with Crippen LogP contribution in [0.25, 0.3) is 0 Å². The Bertz CT molecular complexity index is 668. The maximum Gasteiger partial charge on any atom is 0.315 e. The van der Waals surface area contributed by atoms with E-state index >= 15 is 0 Å². The van der Waals surface area contributed by atoms with Gasteiger partial charge in [-0.05, 0) is 43.0 Å². The summed E-state index contributed by atoms with van der Waals surface area (Å²) in [5.41, 5.74) is 2.15. The summed E-state index contributed by atoms with van der Waals surface area (Å²) in [5, 5.41) is 5.88. The Balaban J connectivity index is 1.52. The number of benzene rings is 1. The van der Waals surface area contributed by atoms with Gasteiger partial charge in [0.15, 0.2) is 0 Å². The van der Waals surface area contributed by atoms with Crippen LogP contribution in [0, 0.1) is 0 Å². The highest BCUT2D eigenvalue weighted by molar-refractivity contribution is 5.74. The predicted octanol–water partition coefficient (Wildman–Crippen LogP) is 3.24. The van der Waals surface area contributed by atoms with E-state index in [0.717, 1.165) is 30.0 Å². The second kappa shape index (κ2) is 7.81. The van der Waals surface area contributed by atoms with Crippen molar-refractivity contribution >= 4 is 11.8 Å². The first-order chi connectivity index (χ1) is 11.7.